The molecule has 0 heterocycles. The highest BCUT2D eigenvalue weighted by Gasteiger charge is 2.26. The molecule has 3 rings (SSSR count). The molecule has 3 nitrogen and oxygen atoms in total. The minimum atomic E-state index is 0.0483. The number of hydrogen-bond acceptors (Lipinski definition) is 2. The van der Waals surface area contributed by atoms with Crippen LogP contribution in [0.4, 0.5) is 5.69 Å². The minimum absolute atomic E-state index is 0.0483. The summed E-state index contributed by atoms with van der Waals surface area (Å²) in [5.74, 6) is 0.0483. The van der Waals surface area contributed by atoms with Crippen LogP contribution in [0.25, 0.3) is 11.1 Å². The maximum absolute atomic E-state index is 12.2. The number of fused-ring (bicyclic) bond motifs is 3. The molecule has 0 aromatic heterocycles. The van der Waals surface area contributed by atoms with Crippen LogP contribution >= 0.6 is 12.2 Å². The fourth-order valence-electron chi connectivity index (χ4n) is 2.25. The number of thiocarbonyl (C=S) groups is 1. The van der Waals surface area contributed by atoms with Crippen LogP contribution in [0.1, 0.15) is 15.9 Å². The Morgan fingerprint density at radius 2 is 1.67 bits per heavy atom. The smallest absolute Gasteiger partial charge is 0.194 e. The van der Waals surface area contributed by atoms with E-state index in [1.54, 1.807) is 6.07 Å². The summed E-state index contributed by atoms with van der Waals surface area (Å²) in [6.45, 7) is 0. The van der Waals surface area contributed by atoms with E-state index in [0.717, 1.165) is 22.4 Å². The molecule has 0 aliphatic heterocycles. The molecule has 1 aliphatic carbocycles. The van der Waals surface area contributed by atoms with Gasteiger partial charge < -0.3 is 11.1 Å². The molecule has 88 valence electrons. The van der Waals surface area contributed by atoms with Crippen molar-refractivity contribution >= 4 is 28.8 Å². The van der Waals surface area contributed by atoms with Crippen LogP contribution in [0.2, 0.25) is 0 Å². The first-order valence-electron chi connectivity index (χ1n) is 5.51. The van der Waals surface area contributed by atoms with Gasteiger partial charge in [-0.3, -0.25) is 4.79 Å². The van der Waals surface area contributed by atoms with Crippen LogP contribution in [0, 0.1) is 0 Å². The second kappa shape index (κ2) is 3.92. The summed E-state index contributed by atoms with van der Waals surface area (Å²) in [5, 5.41) is 3.03. The molecule has 0 fully saturated rings. The van der Waals surface area contributed by atoms with Crippen LogP contribution in [0.15, 0.2) is 42.5 Å². The summed E-state index contributed by atoms with van der Waals surface area (Å²) < 4.78 is 0. The van der Waals surface area contributed by atoms with Crippen molar-refractivity contribution in [3.05, 3.63) is 53.6 Å². The van der Waals surface area contributed by atoms with Gasteiger partial charge in [0.05, 0.1) is 0 Å². The predicted octanol–water partition coefficient (Wildman–Crippen LogP) is 2.55. The quantitative estimate of drug-likeness (QED) is 0.655. The number of nitrogens with two attached hydrogens (primary N) is 1. The summed E-state index contributed by atoms with van der Waals surface area (Å²) in [5.41, 5.74) is 9.55. The van der Waals surface area contributed by atoms with E-state index in [-0.39, 0.29) is 10.9 Å². The Labute approximate surface area is 110 Å². The maximum Gasteiger partial charge on any atom is 0.194 e. The van der Waals surface area contributed by atoms with Crippen LogP contribution in [0.3, 0.4) is 0 Å². The molecule has 2 aromatic carbocycles. The van der Waals surface area contributed by atoms with Crippen molar-refractivity contribution < 1.29 is 4.79 Å². The Hall–Kier alpha value is -2.20. The Bertz CT molecular complexity index is 679. The zero-order valence-electron chi connectivity index (χ0n) is 9.44. The fourth-order valence-corrected chi connectivity index (χ4v) is 2.37. The van der Waals surface area contributed by atoms with E-state index in [1.807, 2.05) is 36.4 Å². The number of carbonyl (C=O) groups is 1. The number of rotatable bonds is 1. The van der Waals surface area contributed by atoms with Gasteiger partial charge in [-0.15, -0.1) is 0 Å². The van der Waals surface area contributed by atoms with Crippen molar-refractivity contribution in [3.8, 4) is 11.1 Å². The van der Waals surface area contributed by atoms with Crippen molar-refractivity contribution in [1.29, 1.82) is 0 Å². The highest BCUT2D eigenvalue weighted by Crippen LogP contribution is 2.37. The first-order chi connectivity index (χ1) is 8.66. The summed E-state index contributed by atoms with van der Waals surface area (Å²) in [4.78, 5) is 12.2. The van der Waals surface area contributed by atoms with Crippen molar-refractivity contribution in [2.24, 2.45) is 5.73 Å². The van der Waals surface area contributed by atoms with Crippen LogP contribution in [0.5, 0.6) is 0 Å². The summed E-state index contributed by atoms with van der Waals surface area (Å²) in [6.07, 6.45) is 0. The molecule has 2 aromatic rings. The largest absolute Gasteiger partial charge is 0.376 e. The van der Waals surface area contributed by atoms with Crippen molar-refractivity contribution in [1.82, 2.24) is 0 Å². The number of ketones is 1. The molecule has 0 saturated carbocycles. The number of hydrogen-bond donors (Lipinski definition) is 2. The molecule has 0 bridgehead atoms. The topological polar surface area (TPSA) is 55.1 Å². The lowest BCUT2D eigenvalue weighted by atomic mass is 10.1. The zero-order valence-corrected chi connectivity index (χ0v) is 10.3. The SMILES string of the molecule is NC(=S)Nc1ccc2c(c1)C(=O)c1ccccc1-2. The lowest BCUT2D eigenvalue weighted by Gasteiger charge is -2.05. The number of nitrogens with one attached hydrogen (secondary N) is 1. The molecule has 4 heteroatoms. The molecular weight excluding hydrogens is 244 g/mol. The molecule has 0 spiro atoms. The van der Waals surface area contributed by atoms with Crippen LogP contribution in [-0.2, 0) is 0 Å². The van der Waals surface area contributed by atoms with E-state index in [9.17, 15) is 4.79 Å². The molecule has 3 N–H and O–H groups in total. The molecule has 1 aliphatic rings. The first-order valence-corrected chi connectivity index (χ1v) is 5.92. The zero-order chi connectivity index (χ0) is 12.7. The van der Waals surface area contributed by atoms with E-state index in [1.165, 1.54) is 0 Å². The Kier molecular flexibility index (Phi) is 2.38. The van der Waals surface area contributed by atoms with Crippen LogP contribution in [-0.4, -0.2) is 10.9 Å². The van der Waals surface area contributed by atoms with Gasteiger partial charge in [-0.2, -0.15) is 0 Å². The third kappa shape index (κ3) is 1.58. The number of carbonyl (C=O) groups excluding carboxylic acids is 1. The van der Waals surface area contributed by atoms with E-state index in [0.29, 0.717) is 5.56 Å². The van der Waals surface area contributed by atoms with E-state index in [4.69, 9.17) is 18.0 Å². The lowest BCUT2D eigenvalue weighted by Crippen LogP contribution is -2.19. The van der Waals surface area contributed by atoms with Crippen molar-refractivity contribution in [3.63, 3.8) is 0 Å². The van der Waals surface area contributed by atoms with Gasteiger partial charge in [0.25, 0.3) is 0 Å². The molecule has 18 heavy (non-hydrogen) atoms. The molecule has 0 radical (unpaired) electrons. The van der Waals surface area contributed by atoms with Gasteiger partial charge in [0, 0.05) is 16.8 Å². The van der Waals surface area contributed by atoms with Crippen molar-refractivity contribution in [2.75, 3.05) is 5.32 Å². The highest BCUT2D eigenvalue weighted by molar-refractivity contribution is 7.80. The van der Waals surface area contributed by atoms with Gasteiger partial charge >= 0.3 is 0 Å². The predicted molar refractivity (Wildman–Crippen MR) is 75.7 cm³/mol. The molecule has 0 saturated heterocycles. The van der Waals surface area contributed by atoms with E-state index >= 15 is 0 Å². The third-order valence-electron chi connectivity index (χ3n) is 2.99. The van der Waals surface area contributed by atoms with Crippen molar-refractivity contribution in [2.45, 2.75) is 0 Å². The lowest BCUT2D eigenvalue weighted by molar-refractivity contribution is 0.104. The first kappa shape index (κ1) is 10.9. The van der Waals surface area contributed by atoms with E-state index in [2.05, 4.69) is 5.32 Å². The summed E-state index contributed by atoms with van der Waals surface area (Å²) >= 11 is 4.79. The van der Waals surface area contributed by atoms with Gasteiger partial charge in [-0.25, -0.2) is 0 Å². The third-order valence-corrected chi connectivity index (χ3v) is 3.10. The van der Waals surface area contributed by atoms with Gasteiger partial charge in [-0.1, -0.05) is 30.3 Å². The standard InChI is InChI=1S/C14H10N2OS/c15-14(18)16-8-5-6-10-9-3-1-2-4-11(9)13(17)12(10)7-8/h1-7H,(H3,15,16,18). The molecule has 0 unspecified atom stereocenters. The minimum Gasteiger partial charge on any atom is -0.376 e. The molecule has 0 amide bonds. The normalized spacial score (nSPS) is 11.9. The summed E-state index contributed by atoms with van der Waals surface area (Å²) in [6, 6.07) is 13.2. The summed E-state index contributed by atoms with van der Waals surface area (Å²) in [7, 11) is 0. The average Bonchev–Trinajstić information content (AvgIpc) is 2.63. The van der Waals surface area contributed by atoms with E-state index < -0.39 is 0 Å². The van der Waals surface area contributed by atoms with Gasteiger partial charge in [0.2, 0.25) is 0 Å². The van der Waals surface area contributed by atoms with Gasteiger partial charge in [0.15, 0.2) is 10.9 Å². The monoisotopic (exact) mass is 254 g/mol. The Balaban J connectivity index is 2.14. The number of benzene rings is 2. The fraction of sp³-hybridized carbons (Fsp3) is 0. The van der Waals surface area contributed by atoms with Crippen LogP contribution < -0.4 is 11.1 Å². The number of anilines is 1. The molecule has 0 atom stereocenters. The highest BCUT2D eigenvalue weighted by atomic mass is 32.1. The van der Waals surface area contributed by atoms with Gasteiger partial charge in [0.1, 0.15) is 0 Å². The Morgan fingerprint density at radius 3 is 2.39 bits per heavy atom. The van der Waals surface area contributed by atoms with Gasteiger partial charge in [-0.05, 0) is 35.5 Å². The Morgan fingerprint density at radius 1 is 1.00 bits per heavy atom. The second-order valence-corrected chi connectivity index (χ2v) is 4.56. The molecular formula is C14H10N2OS. The second-order valence-electron chi connectivity index (χ2n) is 4.12. The average molecular weight is 254 g/mol. The maximum atomic E-state index is 12.2.